The number of para-hydroxylation sites is 2. The molecule has 2 amide bonds. The highest BCUT2D eigenvalue weighted by molar-refractivity contribution is 6.03. The van der Waals surface area contributed by atoms with E-state index >= 15 is 0 Å². The molecule has 1 aliphatic rings. The van der Waals surface area contributed by atoms with Crippen LogP contribution in [0.4, 0.5) is 0 Å². The van der Waals surface area contributed by atoms with Crippen molar-refractivity contribution in [1.82, 2.24) is 14.8 Å². The zero-order chi connectivity index (χ0) is 26.0. The molecule has 0 unspecified atom stereocenters. The van der Waals surface area contributed by atoms with E-state index in [2.05, 4.69) is 5.32 Å². The van der Waals surface area contributed by atoms with Crippen LogP contribution in [0.3, 0.4) is 0 Å². The molecular weight excluding hydrogens is 466 g/mol. The Morgan fingerprint density at radius 2 is 1.76 bits per heavy atom. The van der Waals surface area contributed by atoms with Crippen molar-refractivity contribution in [2.75, 3.05) is 13.7 Å². The number of hydrogen-bond acceptors (Lipinski definition) is 4. The summed E-state index contributed by atoms with van der Waals surface area (Å²) in [6.07, 6.45) is 0. The number of benzene rings is 3. The van der Waals surface area contributed by atoms with Crippen LogP contribution in [0.25, 0.3) is 10.9 Å². The van der Waals surface area contributed by atoms with Gasteiger partial charge in [0.05, 0.1) is 20.3 Å². The molecule has 5 rings (SSSR count). The molecule has 0 bridgehead atoms. The number of nitrogens with one attached hydrogen (secondary N) is 1. The lowest BCUT2D eigenvalue weighted by Crippen LogP contribution is -2.63. The molecule has 1 N–H and O–H groups in total. The summed E-state index contributed by atoms with van der Waals surface area (Å²) in [5.74, 6) is 1.08. The molecule has 190 valence electrons. The lowest BCUT2D eigenvalue weighted by atomic mass is 9.93. The molecule has 1 atom stereocenters. The van der Waals surface area contributed by atoms with Crippen LogP contribution in [0.1, 0.15) is 35.5 Å². The summed E-state index contributed by atoms with van der Waals surface area (Å²) in [5.41, 5.74) is 2.20. The lowest BCUT2D eigenvalue weighted by molar-refractivity contribution is -0.133. The number of methoxy groups -OCH3 is 1. The Hall–Kier alpha value is -4.26. The first-order valence-electron chi connectivity index (χ1n) is 12.5. The Labute approximate surface area is 216 Å². The van der Waals surface area contributed by atoms with Gasteiger partial charge in [0.1, 0.15) is 22.7 Å². The standard InChI is InChI=1S/C30H31N3O4/c1-4-37-24-15-13-21(14-16-24)19-33-28(34)26-17-22-9-5-7-11-25(22)32(26)20-30(33,2)29(35)31-18-23-10-6-8-12-27(23)36-3/h5-17H,4,18-20H2,1-3H3,(H,31,35)/t30-/m1/s1. The van der Waals surface area contributed by atoms with Gasteiger partial charge in [-0.3, -0.25) is 9.59 Å². The number of aromatic nitrogens is 1. The highest BCUT2D eigenvalue weighted by atomic mass is 16.5. The molecule has 0 saturated heterocycles. The van der Waals surface area contributed by atoms with Crippen LogP contribution < -0.4 is 14.8 Å². The third-order valence-electron chi connectivity index (χ3n) is 7.03. The summed E-state index contributed by atoms with van der Waals surface area (Å²) in [5, 5.41) is 4.05. The van der Waals surface area contributed by atoms with Gasteiger partial charge in [-0.25, -0.2) is 0 Å². The average molecular weight is 498 g/mol. The van der Waals surface area contributed by atoms with E-state index in [0.29, 0.717) is 37.7 Å². The number of amides is 2. The molecule has 0 aliphatic carbocycles. The normalized spacial score (nSPS) is 16.9. The van der Waals surface area contributed by atoms with E-state index in [1.165, 1.54) is 0 Å². The first-order valence-corrected chi connectivity index (χ1v) is 12.5. The molecule has 37 heavy (non-hydrogen) atoms. The molecule has 4 aromatic rings. The highest BCUT2D eigenvalue weighted by Crippen LogP contribution is 2.34. The minimum atomic E-state index is -1.12. The smallest absolute Gasteiger partial charge is 0.271 e. The topological polar surface area (TPSA) is 72.8 Å². The minimum absolute atomic E-state index is 0.175. The maximum atomic E-state index is 13.9. The fourth-order valence-electron chi connectivity index (χ4n) is 5.01. The average Bonchev–Trinajstić information content (AvgIpc) is 3.29. The van der Waals surface area contributed by atoms with Crippen LogP contribution in [0.15, 0.2) is 78.9 Å². The van der Waals surface area contributed by atoms with Crippen LogP contribution in [0.2, 0.25) is 0 Å². The Morgan fingerprint density at radius 3 is 2.51 bits per heavy atom. The van der Waals surface area contributed by atoms with Gasteiger partial charge in [0.2, 0.25) is 5.91 Å². The van der Waals surface area contributed by atoms with Gasteiger partial charge < -0.3 is 24.3 Å². The molecule has 7 heteroatoms. The van der Waals surface area contributed by atoms with Gasteiger partial charge in [0.25, 0.3) is 5.91 Å². The van der Waals surface area contributed by atoms with Gasteiger partial charge in [-0.2, -0.15) is 0 Å². The second kappa shape index (κ2) is 10.0. The summed E-state index contributed by atoms with van der Waals surface area (Å²) in [7, 11) is 1.61. The van der Waals surface area contributed by atoms with Crippen LogP contribution in [0.5, 0.6) is 11.5 Å². The maximum absolute atomic E-state index is 13.9. The second-order valence-corrected chi connectivity index (χ2v) is 9.41. The zero-order valence-electron chi connectivity index (χ0n) is 21.4. The molecule has 0 fully saturated rings. The number of fused-ring (bicyclic) bond motifs is 3. The van der Waals surface area contributed by atoms with E-state index in [-0.39, 0.29) is 11.8 Å². The van der Waals surface area contributed by atoms with E-state index in [9.17, 15) is 9.59 Å². The summed E-state index contributed by atoms with van der Waals surface area (Å²) >= 11 is 0. The molecule has 0 spiro atoms. The fraction of sp³-hybridized carbons (Fsp3) is 0.267. The molecule has 2 heterocycles. The van der Waals surface area contributed by atoms with Crippen LogP contribution in [-0.2, 0) is 24.4 Å². The number of rotatable bonds is 8. The Morgan fingerprint density at radius 1 is 1.03 bits per heavy atom. The van der Waals surface area contributed by atoms with Gasteiger partial charge in [-0.15, -0.1) is 0 Å². The Bertz CT molecular complexity index is 1440. The predicted molar refractivity (Wildman–Crippen MR) is 143 cm³/mol. The maximum Gasteiger partial charge on any atom is 0.271 e. The molecule has 1 aromatic heterocycles. The number of ether oxygens (including phenoxy) is 2. The van der Waals surface area contributed by atoms with E-state index in [0.717, 1.165) is 27.8 Å². The summed E-state index contributed by atoms with van der Waals surface area (Å²) in [4.78, 5) is 29.5. The van der Waals surface area contributed by atoms with Gasteiger partial charge in [0.15, 0.2) is 0 Å². The van der Waals surface area contributed by atoms with Crippen molar-refractivity contribution in [1.29, 1.82) is 0 Å². The SMILES string of the molecule is CCOc1ccc(CN2C(=O)c3cc4ccccc4n3C[C@]2(C)C(=O)NCc2ccccc2OC)cc1. The van der Waals surface area contributed by atoms with Crippen molar-refractivity contribution in [2.45, 2.75) is 39.0 Å². The summed E-state index contributed by atoms with van der Waals surface area (Å²) in [6.45, 7) is 5.30. The van der Waals surface area contributed by atoms with Crippen molar-refractivity contribution in [2.24, 2.45) is 0 Å². The van der Waals surface area contributed by atoms with Gasteiger partial charge in [-0.05, 0) is 49.7 Å². The van der Waals surface area contributed by atoms with Crippen LogP contribution >= 0.6 is 0 Å². The van der Waals surface area contributed by atoms with E-state index in [1.807, 2.05) is 97.3 Å². The first-order chi connectivity index (χ1) is 17.9. The van der Waals surface area contributed by atoms with Gasteiger partial charge >= 0.3 is 0 Å². The van der Waals surface area contributed by atoms with Crippen molar-refractivity contribution in [3.63, 3.8) is 0 Å². The number of hydrogen-bond donors (Lipinski definition) is 1. The lowest BCUT2D eigenvalue weighted by Gasteiger charge is -2.44. The van der Waals surface area contributed by atoms with E-state index in [4.69, 9.17) is 9.47 Å². The number of carbonyl (C=O) groups excluding carboxylic acids is 2. The van der Waals surface area contributed by atoms with Crippen molar-refractivity contribution < 1.29 is 19.1 Å². The minimum Gasteiger partial charge on any atom is -0.496 e. The summed E-state index contributed by atoms with van der Waals surface area (Å²) < 4.78 is 13.0. The summed E-state index contributed by atoms with van der Waals surface area (Å²) in [6, 6.07) is 25.0. The number of nitrogens with zero attached hydrogens (tertiary/aromatic N) is 2. The first kappa shape index (κ1) is 24.4. The predicted octanol–water partition coefficient (Wildman–Crippen LogP) is 4.78. The van der Waals surface area contributed by atoms with E-state index in [1.54, 1.807) is 12.0 Å². The zero-order valence-corrected chi connectivity index (χ0v) is 21.4. The van der Waals surface area contributed by atoms with Crippen LogP contribution in [-0.4, -0.2) is 40.5 Å². The third-order valence-corrected chi connectivity index (χ3v) is 7.03. The monoisotopic (exact) mass is 497 g/mol. The molecule has 3 aromatic carbocycles. The quantitative estimate of drug-likeness (QED) is 0.380. The third kappa shape index (κ3) is 4.53. The van der Waals surface area contributed by atoms with E-state index < -0.39 is 5.54 Å². The molecular formula is C30H31N3O4. The molecule has 1 aliphatic heterocycles. The van der Waals surface area contributed by atoms with Crippen molar-refractivity contribution in [3.8, 4) is 11.5 Å². The van der Waals surface area contributed by atoms with Gasteiger partial charge in [-0.1, -0.05) is 48.5 Å². The Kier molecular flexibility index (Phi) is 6.61. The van der Waals surface area contributed by atoms with Crippen LogP contribution in [0, 0.1) is 0 Å². The highest BCUT2D eigenvalue weighted by Gasteiger charge is 2.47. The molecule has 0 saturated carbocycles. The molecule has 7 nitrogen and oxygen atoms in total. The molecule has 0 radical (unpaired) electrons. The van der Waals surface area contributed by atoms with Crippen molar-refractivity contribution in [3.05, 3.63) is 95.7 Å². The van der Waals surface area contributed by atoms with Gasteiger partial charge in [0, 0.05) is 29.6 Å². The largest absolute Gasteiger partial charge is 0.496 e. The Balaban J connectivity index is 1.49. The van der Waals surface area contributed by atoms with Crippen molar-refractivity contribution >= 4 is 22.7 Å². The fourth-order valence-corrected chi connectivity index (χ4v) is 5.01. The second-order valence-electron chi connectivity index (χ2n) is 9.41. The number of carbonyl (C=O) groups is 2.